The second kappa shape index (κ2) is 7.56. The summed E-state index contributed by atoms with van der Waals surface area (Å²) >= 11 is 0. The molecule has 1 N–H and O–H groups in total. The average molecular weight is 355 g/mol. The van der Waals surface area contributed by atoms with Gasteiger partial charge in [-0.3, -0.25) is 4.79 Å². The highest BCUT2D eigenvalue weighted by molar-refractivity contribution is 5.72. The van der Waals surface area contributed by atoms with Gasteiger partial charge in [0, 0.05) is 5.92 Å². The minimum Gasteiger partial charge on any atom is -0.459 e. The molecule has 2 rings (SSSR count). The fourth-order valence-electron chi connectivity index (χ4n) is 5.43. The number of carbonyl (C=O) groups excluding carboxylic acids is 1. The smallest absolute Gasteiger partial charge is 0.309 e. The van der Waals surface area contributed by atoms with Crippen LogP contribution >= 0.6 is 0 Å². The lowest BCUT2D eigenvalue weighted by atomic mass is 9.78. The van der Waals surface area contributed by atoms with E-state index < -0.39 is 11.7 Å². The summed E-state index contributed by atoms with van der Waals surface area (Å²) in [6.45, 7) is 14.5. The lowest BCUT2D eigenvalue weighted by molar-refractivity contribution is -0.184. The molecule has 2 fully saturated rings. The number of esters is 1. The number of cyclic esters (lactones) is 1. The van der Waals surface area contributed by atoms with Crippen LogP contribution in [-0.4, -0.2) is 34.5 Å². The Morgan fingerprint density at radius 1 is 1.24 bits per heavy atom. The second-order valence-corrected chi connectivity index (χ2v) is 9.48. The molecule has 0 amide bonds. The number of fused-ring (bicyclic) bond motifs is 2. The van der Waals surface area contributed by atoms with Gasteiger partial charge in [-0.25, -0.2) is 0 Å². The third-order valence-electron chi connectivity index (χ3n) is 6.28. The van der Waals surface area contributed by atoms with Crippen LogP contribution in [0.2, 0.25) is 0 Å². The molecule has 0 radical (unpaired) electrons. The molecule has 0 aromatic heterocycles. The van der Waals surface area contributed by atoms with E-state index in [1.807, 2.05) is 13.8 Å². The van der Waals surface area contributed by atoms with Gasteiger partial charge in [0.1, 0.15) is 6.10 Å². The summed E-state index contributed by atoms with van der Waals surface area (Å²) < 4.78 is 12.5. The maximum absolute atomic E-state index is 12.7. The first-order valence-electron chi connectivity index (χ1n) is 10.1. The number of carbonyl (C=O) groups is 1. The van der Waals surface area contributed by atoms with E-state index in [9.17, 15) is 9.90 Å². The average Bonchev–Trinajstić information content (AvgIpc) is 2.76. The Balaban J connectivity index is 2.38. The predicted molar refractivity (Wildman–Crippen MR) is 99.2 cm³/mol. The van der Waals surface area contributed by atoms with Crippen molar-refractivity contribution in [3.8, 4) is 0 Å². The Hall–Kier alpha value is -0.610. The minimum atomic E-state index is -1.04. The van der Waals surface area contributed by atoms with Crippen LogP contribution in [0.3, 0.4) is 0 Å². The van der Waals surface area contributed by atoms with E-state index in [0.29, 0.717) is 18.3 Å². The fourth-order valence-corrected chi connectivity index (χ4v) is 5.43. The van der Waals surface area contributed by atoms with Gasteiger partial charge < -0.3 is 14.6 Å². The van der Waals surface area contributed by atoms with Crippen LogP contribution in [0.15, 0.2) is 0 Å². The summed E-state index contributed by atoms with van der Waals surface area (Å²) in [6.07, 6.45) is 3.72. The quantitative estimate of drug-likeness (QED) is 0.766. The number of rotatable bonds is 3. The van der Waals surface area contributed by atoms with Crippen LogP contribution in [0.5, 0.6) is 0 Å². The molecule has 2 heterocycles. The standard InChI is InChI=1S/C21H38O4/c1-8-9-21(7,23)18-16(5)17-15(4)12-20(6,25-17)11-13(2)10-14(3)19(22)24-18/h13-18,23H,8-12H2,1-7H3/t13-,14+,15?,16-,17?,18+,20?,21+/m0/s1. The van der Waals surface area contributed by atoms with Gasteiger partial charge in [-0.1, -0.05) is 41.0 Å². The largest absolute Gasteiger partial charge is 0.459 e. The van der Waals surface area contributed by atoms with E-state index in [-0.39, 0.29) is 29.5 Å². The molecular weight excluding hydrogens is 316 g/mol. The van der Waals surface area contributed by atoms with Gasteiger partial charge in [0.05, 0.1) is 23.2 Å². The van der Waals surface area contributed by atoms with E-state index in [4.69, 9.17) is 9.47 Å². The Kier molecular flexibility index (Phi) is 6.26. The molecule has 25 heavy (non-hydrogen) atoms. The summed E-state index contributed by atoms with van der Waals surface area (Å²) in [6, 6.07) is 0. The van der Waals surface area contributed by atoms with Crippen LogP contribution in [0.25, 0.3) is 0 Å². The third-order valence-corrected chi connectivity index (χ3v) is 6.28. The van der Waals surface area contributed by atoms with Crippen molar-refractivity contribution in [1.29, 1.82) is 0 Å². The molecule has 0 aromatic rings. The predicted octanol–water partition coefficient (Wildman–Crippen LogP) is 4.34. The van der Waals surface area contributed by atoms with Gasteiger partial charge in [0.15, 0.2) is 0 Å². The fraction of sp³-hybridized carbons (Fsp3) is 0.952. The van der Waals surface area contributed by atoms with Crippen molar-refractivity contribution in [2.75, 3.05) is 0 Å². The lowest BCUT2D eigenvalue weighted by Gasteiger charge is -2.39. The lowest BCUT2D eigenvalue weighted by Crippen LogP contribution is -2.50. The Labute approximate surface area is 153 Å². The van der Waals surface area contributed by atoms with E-state index >= 15 is 0 Å². The molecule has 4 heteroatoms. The molecule has 2 aliphatic rings. The molecular formula is C21H38O4. The molecule has 0 aliphatic carbocycles. The van der Waals surface area contributed by atoms with E-state index in [1.165, 1.54) is 0 Å². The second-order valence-electron chi connectivity index (χ2n) is 9.48. The summed E-state index contributed by atoms with van der Waals surface area (Å²) in [5.74, 6) is 0.419. The first kappa shape index (κ1) is 20.7. The van der Waals surface area contributed by atoms with Gasteiger partial charge in [-0.15, -0.1) is 0 Å². The van der Waals surface area contributed by atoms with Crippen molar-refractivity contribution in [2.45, 2.75) is 104 Å². The summed E-state index contributed by atoms with van der Waals surface area (Å²) in [4.78, 5) is 12.7. The van der Waals surface area contributed by atoms with Gasteiger partial charge in [-0.05, 0) is 51.4 Å². The van der Waals surface area contributed by atoms with Crippen LogP contribution in [0, 0.1) is 23.7 Å². The highest BCUT2D eigenvalue weighted by atomic mass is 16.6. The van der Waals surface area contributed by atoms with Gasteiger partial charge in [-0.2, -0.15) is 0 Å². The molecule has 8 atom stereocenters. The molecule has 0 saturated carbocycles. The molecule has 0 aromatic carbocycles. The Morgan fingerprint density at radius 2 is 1.88 bits per heavy atom. The molecule has 2 bridgehead atoms. The zero-order valence-corrected chi connectivity index (χ0v) is 17.2. The number of hydrogen-bond donors (Lipinski definition) is 1. The van der Waals surface area contributed by atoms with Crippen LogP contribution < -0.4 is 0 Å². The van der Waals surface area contributed by atoms with Crippen LogP contribution in [0.1, 0.15) is 80.6 Å². The molecule has 146 valence electrons. The number of hydrogen-bond acceptors (Lipinski definition) is 4. The molecule has 4 nitrogen and oxygen atoms in total. The van der Waals surface area contributed by atoms with E-state index in [2.05, 4.69) is 27.7 Å². The Bertz CT molecular complexity index is 475. The normalized spacial score (nSPS) is 45.4. The van der Waals surface area contributed by atoms with Crippen molar-refractivity contribution < 1.29 is 19.4 Å². The minimum absolute atomic E-state index is 0.00624. The highest BCUT2D eigenvalue weighted by Gasteiger charge is 2.50. The monoisotopic (exact) mass is 354 g/mol. The summed E-state index contributed by atoms with van der Waals surface area (Å²) in [5.41, 5.74) is -1.18. The van der Waals surface area contributed by atoms with E-state index in [0.717, 1.165) is 25.7 Å². The van der Waals surface area contributed by atoms with Crippen molar-refractivity contribution in [2.24, 2.45) is 23.7 Å². The van der Waals surface area contributed by atoms with Crippen molar-refractivity contribution in [3.05, 3.63) is 0 Å². The third kappa shape index (κ3) is 4.57. The maximum Gasteiger partial charge on any atom is 0.309 e. The zero-order valence-electron chi connectivity index (χ0n) is 17.2. The van der Waals surface area contributed by atoms with Crippen LogP contribution in [-0.2, 0) is 14.3 Å². The van der Waals surface area contributed by atoms with Crippen LogP contribution in [0.4, 0.5) is 0 Å². The topological polar surface area (TPSA) is 55.8 Å². The molecule has 2 aliphatic heterocycles. The van der Waals surface area contributed by atoms with Crippen molar-refractivity contribution >= 4 is 5.97 Å². The van der Waals surface area contributed by atoms with Crippen molar-refractivity contribution in [3.63, 3.8) is 0 Å². The number of ether oxygens (including phenoxy) is 2. The molecule has 3 unspecified atom stereocenters. The van der Waals surface area contributed by atoms with Gasteiger partial charge in [0.25, 0.3) is 0 Å². The zero-order chi connectivity index (χ0) is 19.0. The summed E-state index contributed by atoms with van der Waals surface area (Å²) in [7, 11) is 0. The SMILES string of the molecule is CCC[C@@](C)(O)[C@@H]1OC(=O)[C@H](C)C[C@H](C)CC2(C)CC(C)C(O2)[C@@H]1C. The molecule has 0 spiro atoms. The molecule has 2 saturated heterocycles. The Morgan fingerprint density at radius 3 is 2.48 bits per heavy atom. The van der Waals surface area contributed by atoms with E-state index in [1.54, 1.807) is 6.92 Å². The van der Waals surface area contributed by atoms with Gasteiger partial charge in [0.2, 0.25) is 0 Å². The maximum atomic E-state index is 12.7. The van der Waals surface area contributed by atoms with Crippen molar-refractivity contribution in [1.82, 2.24) is 0 Å². The number of aliphatic hydroxyl groups is 1. The van der Waals surface area contributed by atoms with Gasteiger partial charge >= 0.3 is 5.97 Å². The first-order chi connectivity index (χ1) is 11.5. The summed E-state index contributed by atoms with van der Waals surface area (Å²) in [5, 5.41) is 11.1. The highest BCUT2D eigenvalue weighted by Crippen LogP contribution is 2.45. The first-order valence-corrected chi connectivity index (χ1v) is 10.1.